The quantitative estimate of drug-likeness (QED) is 0.909. The second kappa shape index (κ2) is 6.22. The number of pyridine rings is 1. The van der Waals surface area contributed by atoms with Gasteiger partial charge in [-0.2, -0.15) is 0 Å². The SMILES string of the molecule is CCN1CCC(N(C)C(=O)c2cc(C)nc(N)c2)CC1. The lowest BCUT2D eigenvalue weighted by Crippen LogP contribution is -2.45. The Labute approximate surface area is 120 Å². The molecule has 1 aromatic heterocycles. The highest BCUT2D eigenvalue weighted by atomic mass is 16.2. The first-order valence-electron chi connectivity index (χ1n) is 7.25. The number of carbonyl (C=O) groups excluding carboxylic acids is 1. The molecule has 2 heterocycles. The number of likely N-dealkylation sites (tertiary alicyclic amines) is 1. The molecule has 0 aromatic carbocycles. The van der Waals surface area contributed by atoms with Gasteiger partial charge >= 0.3 is 0 Å². The normalized spacial score (nSPS) is 17.1. The molecule has 2 N–H and O–H groups in total. The van der Waals surface area contributed by atoms with E-state index in [1.54, 1.807) is 12.1 Å². The summed E-state index contributed by atoms with van der Waals surface area (Å²) in [6, 6.07) is 3.78. The zero-order chi connectivity index (χ0) is 14.7. The summed E-state index contributed by atoms with van der Waals surface area (Å²) in [5, 5.41) is 0. The van der Waals surface area contributed by atoms with Gasteiger partial charge in [-0.1, -0.05) is 6.92 Å². The second-order valence-corrected chi connectivity index (χ2v) is 5.50. The predicted octanol–water partition coefficient (Wildman–Crippen LogP) is 1.53. The van der Waals surface area contributed by atoms with E-state index < -0.39 is 0 Å². The van der Waals surface area contributed by atoms with Gasteiger partial charge in [0.1, 0.15) is 5.82 Å². The minimum absolute atomic E-state index is 0.0390. The summed E-state index contributed by atoms with van der Waals surface area (Å²) in [6.07, 6.45) is 2.07. The number of aromatic nitrogens is 1. The van der Waals surface area contributed by atoms with Crippen LogP contribution >= 0.6 is 0 Å². The largest absolute Gasteiger partial charge is 0.384 e. The van der Waals surface area contributed by atoms with Crippen molar-refractivity contribution in [3.63, 3.8) is 0 Å². The Morgan fingerprint density at radius 1 is 1.45 bits per heavy atom. The van der Waals surface area contributed by atoms with Crippen molar-refractivity contribution >= 4 is 11.7 Å². The Balaban J connectivity index is 2.05. The van der Waals surface area contributed by atoms with Gasteiger partial charge in [-0.05, 0) is 38.4 Å². The van der Waals surface area contributed by atoms with Gasteiger partial charge in [-0.15, -0.1) is 0 Å². The fraction of sp³-hybridized carbons (Fsp3) is 0.600. The van der Waals surface area contributed by atoms with Gasteiger partial charge in [0.25, 0.3) is 5.91 Å². The number of hydrogen-bond donors (Lipinski definition) is 1. The van der Waals surface area contributed by atoms with Crippen molar-refractivity contribution in [3.8, 4) is 0 Å². The third-order valence-electron chi connectivity index (χ3n) is 4.09. The number of amides is 1. The zero-order valence-electron chi connectivity index (χ0n) is 12.6. The van der Waals surface area contributed by atoms with Crippen molar-refractivity contribution in [3.05, 3.63) is 23.4 Å². The van der Waals surface area contributed by atoms with Crippen LogP contribution in [-0.2, 0) is 0 Å². The van der Waals surface area contributed by atoms with Crippen molar-refractivity contribution in [2.45, 2.75) is 32.7 Å². The summed E-state index contributed by atoms with van der Waals surface area (Å²) in [5.74, 6) is 0.444. The minimum atomic E-state index is 0.0390. The van der Waals surface area contributed by atoms with Gasteiger partial charge in [-0.3, -0.25) is 4.79 Å². The first-order chi connectivity index (χ1) is 9.51. The molecule has 1 fully saturated rings. The van der Waals surface area contributed by atoms with Crippen molar-refractivity contribution in [2.24, 2.45) is 0 Å². The van der Waals surface area contributed by atoms with E-state index in [-0.39, 0.29) is 5.91 Å². The Hall–Kier alpha value is -1.62. The van der Waals surface area contributed by atoms with Gasteiger partial charge in [-0.25, -0.2) is 4.98 Å². The van der Waals surface area contributed by atoms with E-state index in [1.807, 2.05) is 18.9 Å². The van der Waals surface area contributed by atoms with Gasteiger partial charge in [0.15, 0.2) is 0 Å². The molecule has 0 saturated carbocycles. The van der Waals surface area contributed by atoms with E-state index >= 15 is 0 Å². The molecule has 5 heteroatoms. The molecule has 20 heavy (non-hydrogen) atoms. The second-order valence-electron chi connectivity index (χ2n) is 5.50. The Kier molecular flexibility index (Phi) is 4.60. The number of piperidine rings is 1. The van der Waals surface area contributed by atoms with Crippen LogP contribution in [0, 0.1) is 6.92 Å². The first kappa shape index (κ1) is 14.8. The Bertz CT molecular complexity index is 461. The van der Waals surface area contributed by atoms with Crippen molar-refractivity contribution < 1.29 is 4.79 Å². The van der Waals surface area contributed by atoms with Crippen molar-refractivity contribution in [1.82, 2.24) is 14.8 Å². The summed E-state index contributed by atoms with van der Waals surface area (Å²) in [5.41, 5.74) is 7.14. The maximum Gasteiger partial charge on any atom is 0.254 e. The molecule has 0 atom stereocenters. The number of aryl methyl sites for hydroxylation is 1. The lowest BCUT2D eigenvalue weighted by Gasteiger charge is -2.36. The molecule has 0 bridgehead atoms. The fourth-order valence-electron chi connectivity index (χ4n) is 2.81. The number of nitrogens with two attached hydrogens (primary N) is 1. The lowest BCUT2D eigenvalue weighted by atomic mass is 10.0. The Morgan fingerprint density at radius 3 is 2.65 bits per heavy atom. The molecular weight excluding hydrogens is 252 g/mol. The predicted molar refractivity (Wildman–Crippen MR) is 80.6 cm³/mol. The Morgan fingerprint density at radius 2 is 2.10 bits per heavy atom. The van der Waals surface area contributed by atoms with Crippen LogP contribution in [0.15, 0.2) is 12.1 Å². The van der Waals surface area contributed by atoms with E-state index in [9.17, 15) is 4.79 Å². The van der Waals surface area contributed by atoms with E-state index in [1.165, 1.54) is 0 Å². The van der Waals surface area contributed by atoms with Gasteiger partial charge in [0.05, 0.1) is 0 Å². The number of anilines is 1. The molecule has 1 aliphatic heterocycles. The number of nitrogens with zero attached hydrogens (tertiary/aromatic N) is 3. The van der Waals surface area contributed by atoms with E-state index in [0.29, 0.717) is 17.4 Å². The highest BCUT2D eigenvalue weighted by molar-refractivity contribution is 5.95. The number of nitrogen functional groups attached to an aromatic ring is 1. The molecular formula is C15H24N4O. The van der Waals surface area contributed by atoms with Crippen molar-refractivity contribution in [1.29, 1.82) is 0 Å². The van der Waals surface area contributed by atoms with Gasteiger partial charge in [0.2, 0.25) is 0 Å². The summed E-state index contributed by atoms with van der Waals surface area (Å²) < 4.78 is 0. The topological polar surface area (TPSA) is 62.5 Å². The first-order valence-corrected chi connectivity index (χ1v) is 7.25. The summed E-state index contributed by atoms with van der Waals surface area (Å²) >= 11 is 0. The standard InChI is InChI=1S/C15H24N4O/c1-4-19-7-5-13(6-8-19)18(3)15(20)12-9-11(2)17-14(16)10-12/h9-10,13H,4-8H2,1-3H3,(H2,16,17). The van der Waals surface area contributed by atoms with Crippen LogP contribution in [0.25, 0.3) is 0 Å². The fourth-order valence-corrected chi connectivity index (χ4v) is 2.81. The monoisotopic (exact) mass is 276 g/mol. The molecule has 1 saturated heterocycles. The number of rotatable bonds is 3. The lowest BCUT2D eigenvalue weighted by molar-refractivity contribution is 0.0646. The van der Waals surface area contributed by atoms with Crippen LogP contribution in [0.3, 0.4) is 0 Å². The van der Waals surface area contributed by atoms with Crippen LogP contribution in [0.5, 0.6) is 0 Å². The molecule has 0 aliphatic carbocycles. The molecule has 5 nitrogen and oxygen atoms in total. The van der Waals surface area contributed by atoms with Crippen LogP contribution in [0.2, 0.25) is 0 Å². The average molecular weight is 276 g/mol. The third-order valence-corrected chi connectivity index (χ3v) is 4.09. The van der Waals surface area contributed by atoms with Crippen molar-refractivity contribution in [2.75, 3.05) is 32.4 Å². The van der Waals surface area contributed by atoms with Crippen LogP contribution in [-0.4, -0.2) is 53.4 Å². The highest BCUT2D eigenvalue weighted by Crippen LogP contribution is 2.18. The maximum atomic E-state index is 12.5. The van der Waals surface area contributed by atoms with E-state index in [2.05, 4.69) is 16.8 Å². The maximum absolute atomic E-state index is 12.5. The molecule has 2 rings (SSSR count). The molecule has 0 unspecified atom stereocenters. The van der Waals surface area contributed by atoms with E-state index in [4.69, 9.17) is 5.73 Å². The zero-order valence-corrected chi connectivity index (χ0v) is 12.6. The van der Waals surface area contributed by atoms with Crippen LogP contribution in [0.4, 0.5) is 5.82 Å². The minimum Gasteiger partial charge on any atom is -0.384 e. The summed E-state index contributed by atoms with van der Waals surface area (Å²) in [4.78, 5) is 20.9. The molecule has 0 radical (unpaired) electrons. The number of carbonyl (C=O) groups is 1. The van der Waals surface area contributed by atoms with Crippen LogP contribution in [0.1, 0.15) is 35.8 Å². The smallest absolute Gasteiger partial charge is 0.254 e. The average Bonchev–Trinajstić information content (AvgIpc) is 2.45. The van der Waals surface area contributed by atoms with Gasteiger partial charge in [0, 0.05) is 37.4 Å². The molecule has 0 spiro atoms. The molecule has 1 aliphatic rings. The highest BCUT2D eigenvalue weighted by Gasteiger charge is 2.25. The number of hydrogen-bond acceptors (Lipinski definition) is 4. The summed E-state index contributed by atoms with van der Waals surface area (Å²) in [7, 11) is 1.89. The summed E-state index contributed by atoms with van der Waals surface area (Å²) in [6.45, 7) is 7.25. The molecule has 1 amide bonds. The van der Waals surface area contributed by atoms with Crippen LogP contribution < -0.4 is 5.73 Å². The molecule has 1 aromatic rings. The third kappa shape index (κ3) is 3.28. The van der Waals surface area contributed by atoms with E-state index in [0.717, 1.165) is 38.2 Å². The van der Waals surface area contributed by atoms with Gasteiger partial charge < -0.3 is 15.5 Å². The molecule has 110 valence electrons.